The number of hydrogen-bond donors (Lipinski definition) is 2. The van der Waals surface area contributed by atoms with Gasteiger partial charge in [-0.25, -0.2) is 18.2 Å². The number of nitrogens with zero attached hydrogens (tertiary/aromatic N) is 2. The maximum Gasteiger partial charge on any atom is 0.325 e. The molecule has 0 unspecified atom stereocenters. The first-order valence-electron chi connectivity index (χ1n) is 10.2. The van der Waals surface area contributed by atoms with Crippen molar-refractivity contribution >= 4 is 38.2 Å². The molecule has 3 aromatic rings. The predicted octanol–water partition coefficient (Wildman–Crippen LogP) is 4.24. The molecule has 0 aliphatic carbocycles. The Balaban J connectivity index is 1.44. The summed E-state index contributed by atoms with van der Waals surface area (Å²) in [5.74, 6) is 0.584. The van der Waals surface area contributed by atoms with Crippen LogP contribution < -0.4 is 15.4 Å². The normalized spacial score (nSPS) is 13.9. The van der Waals surface area contributed by atoms with Crippen molar-refractivity contribution in [2.24, 2.45) is 0 Å². The quantitative estimate of drug-likeness (QED) is 0.559. The minimum Gasteiger partial charge on any atom is -0.492 e. The van der Waals surface area contributed by atoms with Gasteiger partial charge in [0.1, 0.15) is 5.75 Å². The number of thiazole rings is 1. The number of benzene rings is 2. The molecular weight excluding hydrogens is 448 g/mol. The van der Waals surface area contributed by atoms with E-state index in [4.69, 9.17) is 4.74 Å². The van der Waals surface area contributed by atoms with Crippen LogP contribution in [0.15, 0.2) is 53.4 Å². The van der Waals surface area contributed by atoms with E-state index < -0.39 is 16.1 Å². The number of ether oxygens (including phenoxy) is 1. The molecule has 8 nitrogen and oxygen atoms in total. The number of carbonyl (C=O) groups excluding carboxylic acids is 1. The maximum absolute atomic E-state index is 13.0. The molecule has 0 saturated carbocycles. The number of nitrogens with one attached hydrogen (secondary N) is 2. The van der Waals surface area contributed by atoms with Gasteiger partial charge in [-0.15, -0.1) is 0 Å². The Bertz CT molecular complexity index is 1220. The van der Waals surface area contributed by atoms with Gasteiger partial charge in [0.05, 0.1) is 29.4 Å². The van der Waals surface area contributed by atoms with Crippen molar-refractivity contribution in [3.8, 4) is 5.75 Å². The van der Waals surface area contributed by atoms with Gasteiger partial charge in [0.15, 0.2) is 5.13 Å². The zero-order valence-electron chi connectivity index (χ0n) is 17.8. The number of para-hydroxylation sites is 2. The van der Waals surface area contributed by atoms with Crippen LogP contribution >= 0.6 is 11.3 Å². The number of sulfonamides is 1. The third kappa shape index (κ3) is 4.77. The van der Waals surface area contributed by atoms with E-state index in [1.54, 1.807) is 36.4 Å². The Kier molecular flexibility index (Phi) is 6.45. The van der Waals surface area contributed by atoms with Crippen LogP contribution in [0.25, 0.3) is 0 Å². The standard InChI is InChI=1S/C22H24N4O4S2/c1-3-30-19-7-5-4-6-17(19)23-21(27)25-22-24-18-12-13-26(14-20(18)31-22)32(28,29)16-10-8-15(2)9-11-16/h4-11H,3,12-14H2,1-2H3,(H2,23,24,25,27). The lowest BCUT2D eigenvalue weighted by molar-refractivity contribution is 0.262. The lowest BCUT2D eigenvalue weighted by Crippen LogP contribution is -2.35. The van der Waals surface area contributed by atoms with Gasteiger partial charge < -0.3 is 10.1 Å². The topological polar surface area (TPSA) is 101 Å². The molecule has 0 saturated heterocycles. The van der Waals surface area contributed by atoms with E-state index >= 15 is 0 Å². The second-order valence-electron chi connectivity index (χ2n) is 7.30. The van der Waals surface area contributed by atoms with Crippen molar-refractivity contribution in [2.75, 3.05) is 23.8 Å². The Morgan fingerprint density at radius 1 is 1.16 bits per heavy atom. The number of hydrogen-bond acceptors (Lipinski definition) is 6. The molecule has 168 valence electrons. The minimum atomic E-state index is -3.59. The van der Waals surface area contributed by atoms with Crippen molar-refractivity contribution in [2.45, 2.75) is 31.7 Å². The summed E-state index contributed by atoms with van der Waals surface area (Å²) in [5, 5.41) is 5.94. The maximum atomic E-state index is 13.0. The lowest BCUT2D eigenvalue weighted by atomic mass is 10.2. The fourth-order valence-corrected chi connectivity index (χ4v) is 5.90. The molecule has 0 fully saturated rings. The van der Waals surface area contributed by atoms with Gasteiger partial charge in [-0.05, 0) is 38.1 Å². The summed E-state index contributed by atoms with van der Waals surface area (Å²) in [5.41, 5.74) is 2.38. The SMILES string of the molecule is CCOc1ccccc1NC(=O)Nc1nc2c(s1)CN(S(=O)(=O)c1ccc(C)cc1)CC2. The third-order valence-electron chi connectivity index (χ3n) is 5.01. The number of rotatable bonds is 6. The van der Waals surface area contributed by atoms with Gasteiger partial charge in [0, 0.05) is 17.8 Å². The zero-order valence-corrected chi connectivity index (χ0v) is 19.4. The highest BCUT2D eigenvalue weighted by Crippen LogP contribution is 2.31. The average Bonchev–Trinajstić information content (AvgIpc) is 3.17. The van der Waals surface area contributed by atoms with E-state index in [-0.39, 0.29) is 11.4 Å². The van der Waals surface area contributed by atoms with Gasteiger partial charge in [-0.1, -0.05) is 41.2 Å². The Morgan fingerprint density at radius 2 is 1.91 bits per heavy atom. The van der Waals surface area contributed by atoms with Gasteiger partial charge in [0.25, 0.3) is 0 Å². The number of amides is 2. The third-order valence-corrected chi connectivity index (χ3v) is 7.87. The van der Waals surface area contributed by atoms with Gasteiger partial charge in [0.2, 0.25) is 10.0 Å². The average molecular weight is 473 g/mol. The smallest absolute Gasteiger partial charge is 0.325 e. The van der Waals surface area contributed by atoms with Crippen molar-refractivity contribution < 1.29 is 17.9 Å². The lowest BCUT2D eigenvalue weighted by Gasteiger charge is -2.25. The summed E-state index contributed by atoms with van der Waals surface area (Å²) in [7, 11) is -3.59. The van der Waals surface area contributed by atoms with Crippen LogP contribution in [-0.4, -0.2) is 36.9 Å². The highest BCUT2D eigenvalue weighted by atomic mass is 32.2. The second-order valence-corrected chi connectivity index (χ2v) is 10.3. The monoisotopic (exact) mass is 472 g/mol. The number of anilines is 2. The minimum absolute atomic E-state index is 0.236. The van der Waals surface area contributed by atoms with E-state index in [0.717, 1.165) is 16.1 Å². The van der Waals surface area contributed by atoms with Crippen LogP contribution in [0.2, 0.25) is 0 Å². The van der Waals surface area contributed by atoms with E-state index in [1.165, 1.54) is 15.6 Å². The highest BCUT2D eigenvalue weighted by Gasteiger charge is 2.30. The molecule has 1 aromatic heterocycles. The fraction of sp³-hybridized carbons (Fsp3) is 0.273. The Hall–Kier alpha value is -2.95. The van der Waals surface area contributed by atoms with Crippen LogP contribution in [0.4, 0.5) is 15.6 Å². The number of fused-ring (bicyclic) bond motifs is 1. The molecule has 2 N–H and O–H groups in total. The first-order valence-corrected chi connectivity index (χ1v) is 12.5. The van der Waals surface area contributed by atoms with Crippen molar-refractivity contribution in [1.29, 1.82) is 0 Å². The number of aromatic nitrogens is 1. The summed E-state index contributed by atoms with van der Waals surface area (Å²) in [4.78, 5) is 18.1. The first-order chi connectivity index (χ1) is 15.4. The molecule has 0 atom stereocenters. The van der Waals surface area contributed by atoms with Crippen molar-refractivity contribution in [3.05, 3.63) is 64.7 Å². The Labute approximate surface area is 191 Å². The molecule has 10 heteroatoms. The van der Waals surface area contributed by atoms with E-state index in [2.05, 4.69) is 15.6 Å². The summed E-state index contributed by atoms with van der Waals surface area (Å²) >= 11 is 1.29. The molecule has 0 radical (unpaired) electrons. The van der Waals surface area contributed by atoms with Crippen LogP contribution in [0.3, 0.4) is 0 Å². The number of urea groups is 1. The van der Waals surface area contributed by atoms with E-state index in [0.29, 0.717) is 36.1 Å². The predicted molar refractivity (Wildman–Crippen MR) is 125 cm³/mol. The summed E-state index contributed by atoms with van der Waals surface area (Å²) < 4.78 is 33.0. The fourth-order valence-electron chi connectivity index (χ4n) is 3.39. The van der Waals surface area contributed by atoms with Gasteiger partial charge in [-0.2, -0.15) is 4.31 Å². The molecule has 2 heterocycles. The van der Waals surface area contributed by atoms with Crippen molar-refractivity contribution in [3.63, 3.8) is 0 Å². The zero-order chi connectivity index (χ0) is 22.7. The largest absolute Gasteiger partial charge is 0.492 e. The van der Waals surface area contributed by atoms with Crippen LogP contribution in [0, 0.1) is 6.92 Å². The molecule has 0 spiro atoms. The number of carbonyl (C=O) groups is 1. The molecule has 2 amide bonds. The highest BCUT2D eigenvalue weighted by molar-refractivity contribution is 7.89. The van der Waals surface area contributed by atoms with E-state index in [1.807, 2.05) is 26.0 Å². The Morgan fingerprint density at radius 3 is 2.66 bits per heavy atom. The van der Waals surface area contributed by atoms with Crippen LogP contribution in [-0.2, 0) is 23.0 Å². The van der Waals surface area contributed by atoms with Crippen LogP contribution in [0.1, 0.15) is 23.1 Å². The van der Waals surface area contributed by atoms with E-state index in [9.17, 15) is 13.2 Å². The summed E-state index contributed by atoms with van der Waals surface area (Å²) in [6.45, 7) is 4.86. The molecule has 0 bridgehead atoms. The number of aryl methyl sites for hydroxylation is 1. The molecular formula is C22H24N4O4S2. The van der Waals surface area contributed by atoms with Crippen molar-refractivity contribution in [1.82, 2.24) is 9.29 Å². The molecule has 2 aromatic carbocycles. The van der Waals surface area contributed by atoms with Gasteiger partial charge in [-0.3, -0.25) is 5.32 Å². The summed E-state index contributed by atoms with van der Waals surface area (Å²) in [6.07, 6.45) is 0.493. The molecule has 1 aliphatic heterocycles. The second kappa shape index (κ2) is 9.27. The molecule has 4 rings (SSSR count). The van der Waals surface area contributed by atoms with Crippen LogP contribution in [0.5, 0.6) is 5.75 Å². The molecule has 32 heavy (non-hydrogen) atoms. The first kappa shape index (κ1) is 22.3. The molecule has 1 aliphatic rings. The summed E-state index contributed by atoms with van der Waals surface area (Å²) in [6, 6.07) is 13.6. The van der Waals surface area contributed by atoms with Gasteiger partial charge >= 0.3 is 6.03 Å².